The van der Waals surface area contributed by atoms with E-state index in [1.807, 2.05) is 11.4 Å². The van der Waals surface area contributed by atoms with Crippen molar-refractivity contribution < 1.29 is 9.59 Å². The third-order valence-electron chi connectivity index (χ3n) is 1.99. The van der Waals surface area contributed by atoms with Gasteiger partial charge in [-0.2, -0.15) is 0 Å². The summed E-state index contributed by atoms with van der Waals surface area (Å²) in [7, 11) is 0. The van der Waals surface area contributed by atoms with Crippen LogP contribution in [0.3, 0.4) is 0 Å². The number of rotatable bonds is 2. The van der Waals surface area contributed by atoms with Gasteiger partial charge < -0.3 is 0 Å². The van der Waals surface area contributed by atoms with Gasteiger partial charge in [-0.3, -0.25) is 14.5 Å². The molecule has 0 aliphatic carbocycles. The summed E-state index contributed by atoms with van der Waals surface area (Å²) in [4.78, 5) is 25.4. The van der Waals surface area contributed by atoms with E-state index in [0.29, 0.717) is 18.1 Å². The molecule has 1 fully saturated rings. The Balaban J connectivity index is 2.09. The van der Waals surface area contributed by atoms with Gasteiger partial charge in [-0.1, -0.05) is 0 Å². The maximum Gasteiger partial charge on any atom is 0.239 e. The normalized spacial score (nSPS) is 17.3. The maximum absolute atomic E-state index is 11.5. The molecule has 2 heterocycles. The Hall–Kier alpha value is -0.330. The van der Waals surface area contributed by atoms with Crippen LogP contribution in [0.4, 0.5) is 0 Å². The van der Waals surface area contributed by atoms with E-state index in [1.54, 1.807) is 11.3 Å². The number of carbonyl (C=O) groups is 2. The highest BCUT2D eigenvalue weighted by Gasteiger charge is 2.26. The summed E-state index contributed by atoms with van der Waals surface area (Å²) in [5.74, 6) is 0.665. The first-order chi connectivity index (χ1) is 7.16. The molecule has 0 spiro atoms. The SMILES string of the molecule is O=C1CSCC(=O)N1Cc1cc(Br)cs1. The highest BCUT2D eigenvalue weighted by atomic mass is 79.9. The van der Waals surface area contributed by atoms with E-state index in [0.717, 1.165) is 9.35 Å². The van der Waals surface area contributed by atoms with Crippen LogP contribution in [0.15, 0.2) is 15.9 Å². The Kier molecular flexibility index (Phi) is 3.48. The molecule has 1 aliphatic rings. The Morgan fingerprint density at radius 2 is 2.00 bits per heavy atom. The van der Waals surface area contributed by atoms with Gasteiger partial charge in [0.2, 0.25) is 11.8 Å². The number of halogens is 1. The van der Waals surface area contributed by atoms with Gasteiger partial charge in [-0.15, -0.1) is 23.1 Å². The zero-order chi connectivity index (χ0) is 10.8. The van der Waals surface area contributed by atoms with Gasteiger partial charge in [0.25, 0.3) is 0 Å². The second-order valence-electron chi connectivity index (χ2n) is 3.10. The van der Waals surface area contributed by atoms with Crippen molar-refractivity contribution in [3.63, 3.8) is 0 Å². The standard InChI is InChI=1S/C9H8BrNO2S2/c10-6-1-7(15-3-6)2-11-8(12)4-14-5-9(11)13/h1,3H,2,4-5H2. The predicted octanol–water partition coefficient (Wildman–Crippen LogP) is 2.11. The van der Waals surface area contributed by atoms with Crippen LogP contribution in [0.2, 0.25) is 0 Å². The molecule has 1 aromatic heterocycles. The van der Waals surface area contributed by atoms with Crippen LogP contribution >= 0.6 is 39.0 Å². The van der Waals surface area contributed by atoms with Gasteiger partial charge in [-0.05, 0) is 22.0 Å². The number of thioether (sulfide) groups is 1. The lowest BCUT2D eigenvalue weighted by atomic mass is 10.4. The van der Waals surface area contributed by atoms with Crippen molar-refractivity contribution in [3.8, 4) is 0 Å². The largest absolute Gasteiger partial charge is 0.276 e. The summed E-state index contributed by atoms with van der Waals surface area (Å²) >= 11 is 6.28. The van der Waals surface area contributed by atoms with E-state index >= 15 is 0 Å². The lowest BCUT2D eigenvalue weighted by molar-refractivity contribution is -0.142. The van der Waals surface area contributed by atoms with E-state index in [2.05, 4.69) is 15.9 Å². The van der Waals surface area contributed by atoms with Crippen LogP contribution in [0.5, 0.6) is 0 Å². The number of hydrogen-bond donors (Lipinski definition) is 0. The second kappa shape index (κ2) is 4.67. The minimum atomic E-state index is -0.0826. The minimum Gasteiger partial charge on any atom is -0.276 e. The summed E-state index contributed by atoms with van der Waals surface area (Å²) in [5, 5.41) is 1.95. The Bertz CT molecular complexity index is 389. The molecule has 15 heavy (non-hydrogen) atoms. The van der Waals surface area contributed by atoms with E-state index in [9.17, 15) is 9.59 Å². The van der Waals surface area contributed by atoms with Gasteiger partial charge in [0.15, 0.2) is 0 Å². The van der Waals surface area contributed by atoms with Crippen LogP contribution in [-0.4, -0.2) is 28.2 Å². The summed E-state index contributed by atoms with van der Waals surface area (Å²) in [6, 6.07) is 1.94. The molecule has 2 amide bonds. The lowest BCUT2D eigenvalue weighted by Crippen LogP contribution is -2.42. The third kappa shape index (κ3) is 2.62. The number of amides is 2. The van der Waals surface area contributed by atoms with Crippen molar-refractivity contribution in [2.75, 3.05) is 11.5 Å². The Morgan fingerprint density at radius 3 is 2.53 bits per heavy atom. The smallest absolute Gasteiger partial charge is 0.239 e. The molecule has 3 nitrogen and oxygen atoms in total. The van der Waals surface area contributed by atoms with Gasteiger partial charge in [-0.25, -0.2) is 0 Å². The Morgan fingerprint density at radius 1 is 1.33 bits per heavy atom. The van der Waals surface area contributed by atoms with E-state index < -0.39 is 0 Å². The summed E-state index contributed by atoms with van der Waals surface area (Å²) in [5.41, 5.74) is 0. The molecule has 1 aliphatic heterocycles. The fourth-order valence-corrected chi connectivity index (χ4v) is 3.49. The number of thiophene rings is 1. The van der Waals surface area contributed by atoms with Gasteiger partial charge in [0.1, 0.15) is 0 Å². The summed E-state index contributed by atoms with van der Waals surface area (Å²) in [6.45, 7) is 0.411. The second-order valence-corrected chi connectivity index (χ2v) is 5.99. The lowest BCUT2D eigenvalue weighted by Gasteiger charge is -2.23. The fourth-order valence-electron chi connectivity index (χ4n) is 1.29. The van der Waals surface area contributed by atoms with Crippen LogP contribution in [0, 0.1) is 0 Å². The molecule has 1 aromatic rings. The van der Waals surface area contributed by atoms with Gasteiger partial charge in [0.05, 0.1) is 18.1 Å². The minimum absolute atomic E-state index is 0.0826. The topological polar surface area (TPSA) is 37.4 Å². The first kappa shape index (κ1) is 11.2. The molecule has 0 atom stereocenters. The number of nitrogens with zero attached hydrogens (tertiary/aromatic N) is 1. The summed E-state index contributed by atoms with van der Waals surface area (Å²) in [6.07, 6.45) is 0. The highest BCUT2D eigenvalue weighted by molar-refractivity contribution is 9.10. The molecule has 6 heteroatoms. The zero-order valence-corrected chi connectivity index (χ0v) is 11.0. The molecule has 0 radical (unpaired) electrons. The number of hydrogen-bond acceptors (Lipinski definition) is 4. The maximum atomic E-state index is 11.5. The quantitative estimate of drug-likeness (QED) is 0.785. The number of imide groups is 1. The molecular weight excluding hydrogens is 298 g/mol. The van der Waals surface area contributed by atoms with Crippen molar-refractivity contribution >= 4 is 50.8 Å². The average molecular weight is 306 g/mol. The Labute approximate surface area is 104 Å². The fraction of sp³-hybridized carbons (Fsp3) is 0.333. The molecule has 80 valence electrons. The molecule has 0 unspecified atom stereocenters. The van der Waals surface area contributed by atoms with Gasteiger partial charge in [0, 0.05) is 14.7 Å². The molecule has 0 bridgehead atoms. The van der Waals surface area contributed by atoms with Crippen LogP contribution < -0.4 is 0 Å². The molecule has 1 saturated heterocycles. The highest BCUT2D eigenvalue weighted by Crippen LogP contribution is 2.23. The van der Waals surface area contributed by atoms with E-state index in [1.165, 1.54) is 16.7 Å². The van der Waals surface area contributed by atoms with E-state index in [-0.39, 0.29) is 11.8 Å². The monoisotopic (exact) mass is 305 g/mol. The first-order valence-corrected chi connectivity index (χ1v) is 7.13. The summed E-state index contributed by atoms with van der Waals surface area (Å²) < 4.78 is 0.994. The van der Waals surface area contributed by atoms with Gasteiger partial charge >= 0.3 is 0 Å². The van der Waals surface area contributed by atoms with E-state index in [4.69, 9.17) is 0 Å². The number of carbonyl (C=O) groups excluding carboxylic acids is 2. The van der Waals surface area contributed by atoms with Crippen molar-refractivity contribution in [1.29, 1.82) is 0 Å². The van der Waals surface area contributed by atoms with Crippen LogP contribution in [-0.2, 0) is 16.1 Å². The average Bonchev–Trinajstić information content (AvgIpc) is 2.58. The molecule has 0 N–H and O–H groups in total. The molecule has 2 rings (SSSR count). The third-order valence-corrected chi connectivity index (χ3v) is 4.57. The predicted molar refractivity (Wildman–Crippen MR) is 64.9 cm³/mol. The van der Waals surface area contributed by atoms with Crippen LogP contribution in [0.1, 0.15) is 4.88 Å². The van der Waals surface area contributed by atoms with Crippen molar-refractivity contribution in [2.45, 2.75) is 6.54 Å². The zero-order valence-electron chi connectivity index (χ0n) is 7.73. The van der Waals surface area contributed by atoms with Crippen molar-refractivity contribution in [1.82, 2.24) is 4.90 Å². The molecule has 0 saturated carbocycles. The van der Waals surface area contributed by atoms with Crippen LogP contribution in [0.25, 0.3) is 0 Å². The van der Waals surface area contributed by atoms with Crippen molar-refractivity contribution in [2.24, 2.45) is 0 Å². The first-order valence-electron chi connectivity index (χ1n) is 4.30. The molecule has 0 aromatic carbocycles. The molecular formula is C9H8BrNO2S2. The van der Waals surface area contributed by atoms with Crippen molar-refractivity contribution in [3.05, 3.63) is 20.8 Å².